The Morgan fingerprint density at radius 3 is 2.38 bits per heavy atom. The van der Waals surface area contributed by atoms with Crippen LogP contribution in [0.4, 0.5) is 0 Å². The van der Waals surface area contributed by atoms with Gasteiger partial charge in [-0.1, -0.05) is 42.5 Å². The molecule has 6 heteroatoms. The Labute approximate surface area is 203 Å². The lowest BCUT2D eigenvalue weighted by molar-refractivity contribution is -0.142. The van der Waals surface area contributed by atoms with Crippen molar-refractivity contribution in [1.82, 2.24) is 24.3 Å². The van der Waals surface area contributed by atoms with Crippen molar-refractivity contribution in [2.75, 3.05) is 26.2 Å². The zero-order valence-electron chi connectivity index (χ0n) is 20.7. The molecule has 2 fully saturated rings. The van der Waals surface area contributed by atoms with Crippen LogP contribution in [0.2, 0.25) is 0 Å². The number of hydrogen-bond donors (Lipinski definition) is 0. The summed E-state index contributed by atoms with van der Waals surface area (Å²) in [5, 5.41) is 0. The highest BCUT2D eigenvalue weighted by atomic mass is 16.2. The molecule has 0 unspecified atom stereocenters. The van der Waals surface area contributed by atoms with E-state index in [0.29, 0.717) is 18.0 Å². The number of para-hydroxylation sites is 2. The number of rotatable bonds is 5. The lowest BCUT2D eigenvalue weighted by Gasteiger charge is -2.46. The van der Waals surface area contributed by atoms with Gasteiger partial charge in [-0.3, -0.25) is 14.6 Å². The van der Waals surface area contributed by atoms with Crippen LogP contribution in [0.25, 0.3) is 11.0 Å². The van der Waals surface area contributed by atoms with Gasteiger partial charge in [0, 0.05) is 45.3 Å². The topological polar surface area (TPSA) is 44.6 Å². The van der Waals surface area contributed by atoms with E-state index in [1.54, 1.807) is 0 Å². The number of piperidine rings is 1. The highest BCUT2D eigenvalue weighted by Crippen LogP contribution is 2.25. The van der Waals surface area contributed by atoms with Gasteiger partial charge in [0.25, 0.3) is 0 Å². The molecule has 0 saturated carbocycles. The Hall–Kier alpha value is -2.70. The van der Waals surface area contributed by atoms with Crippen LogP contribution in [0.5, 0.6) is 0 Å². The van der Waals surface area contributed by atoms with Crippen LogP contribution in [-0.4, -0.2) is 68.4 Å². The van der Waals surface area contributed by atoms with Gasteiger partial charge in [-0.2, -0.15) is 0 Å². The average molecular weight is 460 g/mol. The second-order valence-corrected chi connectivity index (χ2v) is 10.2. The molecule has 3 aromatic rings. The van der Waals surface area contributed by atoms with E-state index >= 15 is 0 Å². The zero-order chi connectivity index (χ0) is 23.7. The Bertz CT molecular complexity index is 1110. The molecule has 3 atom stereocenters. The fourth-order valence-corrected chi connectivity index (χ4v) is 5.84. The van der Waals surface area contributed by atoms with Gasteiger partial charge in [0.05, 0.1) is 23.5 Å². The van der Waals surface area contributed by atoms with Crippen molar-refractivity contribution >= 4 is 16.9 Å². The number of piperazine rings is 1. The lowest BCUT2D eigenvalue weighted by atomic mass is 9.95. The molecule has 6 nitrogen and oxygen atoms in total. The van der Waals surface area contributed by atoms with Crippen LogP contribution in [0.3, 0.4) is 0 Å². The minimum Gasteiger partial charge on any atom is -0.339 e. The number of nitrogens with zero attached hydrogens (tertiary/aromatic N) is 5. The van der Waals surface area contributed by atoms with Crippen molar-refractivity contribution in [3.05, 3.63) is 66.0 Å². The first-order chi connectivity index (χ1) is 16.5. The first-order valence-corrected chi connectivity index (χ1v) is 12.7. The minimum absolute atomic E-state index is 0.0866. The average Bonchev–Trinajstić information content (AvgIpc) is 3.17. The number of amides is 1. The molecular weight excluding hydrogens is 422 g/mol. The van der Waals surface area contributed by atoms with Crippen molar-refractivity contribution in [1.29, 1.82) is 0 Å². The first-order valence-electron chi connectivity index (χ1n) is 12.7. The van der Waals surface area contributed by atoms with Crippen molar-refractivity contribution in [2.45, 2.75) is 51.9 Å². The highest BCUT2D eigenvalue weighted by Gasteiger charge is 2.36. The summed E-state index contributed by atoms with van der Waals surface area (Å²) in [6.45, 7) is 9.76. The van der Waals surface area contributed by atoms with Gasteiger partial charge in [-0.25, -0.2) is 4.98 Å². The summed E-state index contributed by atoms with van der Waals surface area (Å²) < 4.78 is 2.19. The molecule has 0 spiro atoms. The van der Waals surface area contributed by atoms with E-state index in [0.717, 1.165) is 63.5 Å². The standard InChI is InChI=1S/C28H37N5O/c1-21-16-32(17-22(2)33(21)18-23-10-5-4-6-11-23)28(34)24-12-9-15-31(19-24)20-27-29-25-13-7-8-14-26(25)30(27)3/h4-8,10-11,13-14,21-22,24H,9,12,15-20H2,1-3H3/t21-,22-,24+/m1/s1. The Kier molecular flexibility index (Phi) is 6.70. The quantitative estimate of drug-likeness (QED) is 0.580. The van der Waals surface area contributed by atoms with Gasteiger partial charge in [0.15, 0.2) is 0 Å². The van der Waals surface area contributed by atoms with E-state index in [1.165, 1.54) is 11.1 Å². The second kappa shape index (κ2) is 9.88. The smallest absolute Gasteiger partial charge is 0.227 e. The largest absolute Gasteiger partial charge is 0.339 e. The predicted molar refractivity (Wildman–Crippen MR) is 136 cm³/mol. The number of hydrogen-bond acceptors (Lipinski definition) is 4. The molecule has 34 heavy (non-hydrogen) atoms. The molecule has 1 amide bonds. The monoisotopic (exact) mass is 459 g/mol. The van der Waals surface area contributed by atoms with Crippen molar-refractivity contribution in [2.24, 2.45) is 13.0 Å². The summed E-state index contributed by atoms with van der Waals surface area (Å²) in [5.41, 5.74) is 3.55. The number of imidazole rings is 1. The van der Waals surface area contributed by atoms with Gasteiger partial charge in [0.2, 0.25) is 5.91 Å². The number of aryl methyl sites for hydroxylation is 1. The molecule has 3 heterocycles. The third kappa shape index (κ3) is 4.75. The summed E-state index contributed by atoms with van der Waals surface area (Å²) in [7, 11) is 2.09. The molecule has 2 aliphatic heterocycles. The summed E-state index contributed by atoms with van der Waals surface area (Å²) >= 11 is 0. The van der Waals surface area contributed by atoms with E-state index in [1.807, 2.05) is 6.07 Å². The number of fused-ring (bicyclic) bond motifs is 1. The van der Waals surface area contributed by atoms with Crippen molar-refractivity contribution in [3.63, 3.8) is 0 Å². The van der Waals surface area contributed by atoms with Crippen LogP contribution in [-0.2, 0) is 24.9 Å². The van der Waals surface area contributed by atoms with Gasteiger partial charge in [-0.15, -0.1) is 0 Å². The van der Waals surface area contributed by atoms with Gasteiger partial charge >= 0.3 is 0 Å². The third-order valence-electron chi connectivity index (χ3n) is 7.72. The molecule has 0 N–H and O–H groups in total. The number of benzene rings is 2. The van der Waals surface area contributed by atoms with E-state index in [9.17, 15) is 4.79 Å². The van der Waals surface area contributed by atoms with Gasteiger partial charge in [0.1, 0.15) is 5.82 Å². The van der Waals surface area contributed by atoms with E-state index in [2.05, 4.69) is 88.7 Å². The van der Waals surface area contributed by atoms with Crippen molar-refractivity contribution < 1.29 is 4.79 Å². The maximum atomic E-state index is 13.6. The number of carbonyl (C=O) groups excluding carboxylic acids is 1. The third-order valence-corrected chi connectivity index (χ3v) is 7.72. The van der Waals surface area contributed by atoms with Crippen LogP contribution < -0.4 is 0 Å². The molecule has 2 saturated heterocycles. The molecule has 2 aliphatic rings. The fourth-order valence-electron chi connectivity index (χ4n) is 5.84. The Balaban J connectivity index is 1.21. The summed E-state index contributed by atoms with van der Waals surface area (Å²) in [6, 6.07) is 19.7. The van der Waals surface area contributed by atoms with Crippen LogP contribution in [0, 0.1) is 5.92 Å². The molecule has 1 aromatic heterocycles. The number of aromatic nitrogens is 2. The van der Waals surface area contributed by atoms with E-state index in [-0.39, 0.29) is 5.92 Å². The maximum absolute atomic E-state index is 13.6. The molecule has 0 radical (unpaired) electrons. The molecule has 5 rings (SSSR count). The summed E-state index contributed by atoms with van der Waals surface area (Å²) in [5.74, 6) is 1.50. The predicted octanol–water partition coefficient (Wildman–Crippen LogP) is 3.91. The van der Waals surface area contributed by atoms with Crippen LogP contribution in [0.15, 0.2) is 54.6 Å². The summed E-state index contributed by atoms with van der Waals surface area (Å²) in [4.78, 5) is 25.5. The fraction of sp³-hybridized carbons (Fsp3) is 0.500. The Morgan fingerprint density at radius 1 is 0.941 bits per heavy atom. The molecule has 0 aliphatic carbocycles. The van der Waals surface area contributed by atoms with E-state index in [4.69, 9.17) is 4.98 Å². The lowest BCUT2D eigenvalue weighted by Crippen LogP contribution is -2.59. The Morgan fingerprint density at radius 2 is 1.65 bits per heavy atom. The van der Waals surface area contributed by atoms with E-state index < -0.39 is 0 Å². The summed E-state index contributed by atoms with van der Waals surface area (Å²) in [6.07, 6.45) is 2.06. The van der Waals surface area contributed by atoms with Crippen LogP contribution >= 0.6 is 0 Å². The first kappa shape index (κ1) is 23.1. The maximum Gasteiger partial charge on any atom is 0.227 e. The van der Waals surface area contributed by atoms with Gasteiger partial charge < -0.3 is 9.47 Å². The number of carbonyl (C=O) groups is 1. The second-order valence-electron chi connectivity index (χ2n) is 10.2. The molecule has 0 bridgehead atoms. The van der Waals surface area contributed by atoms with Crippen molar-refractivity contribution in [3.8, 4) is 0 Å². The van der Waals surface area contributed by atoms with Crippen LogP contribution in [0.1, 0.15) is 38.1 Å². The molecular formula is C28H37N5O. The zero-order valence-corrected chi connectivity index (χ0v) is 20.7. The normalized spacial score (nSPS) is 24.6. The number of likely N-dealkylation sites (tertiary alicyclic amines) is 1. The molecule has 180 valence electrons. The molecule has 2 aromatic carbocycles. The minimum atomic E-state index is 0.0866. The SMILES string of the molecule is C[C@@H]1CN(C(=O)[C@H]2CCCN(Cc3nc4ccccc4n3C)C2)C[C@@H](C)N1Cc1ccccc1. The van der Waals surface area contributed by atoms with Gasteiger partial charge in [-0.05, 0) is 50.9 Å². The highest BCUT2D eigenvalue weighted by molar-refractivity contribution is 5.79.